The van der Waals surface area contributed by atoms with Crippen LogP contribution in [0.2, 0.25) is 0 Å². The molecule has 0 aliphatic heterocycles. The summed E-state index contributed by atoms with van der Waals surface area (Å²) in [6, 6.07) is 12.6. The number of rotatable bonds is 8. The van der Waals surface area contributed by atoms with E-state index in [4.69, 9.17) is 4.74 Å². The Bertz CT molecular complexity index is 836. The Labute approximate surface area is 162 Å². The summed E-state index contributed by atoms with van der Waals surface area (Å²) in [5.74, 6) is -0.366. The van der Waals surface area contributed by atoms with Crippen LogP contribution in [0, 0.1) is 10.1 Å². The predicted molar refractivity (Wildman–Crippen MR) is 104 cm³/mol. The highest BCUT2D eigenvalue weighted by molar-refractivity contribution is 5.89. The standard InChI is InChI=1S/C19H22N4O5/c1-13(2)21-19(25)22-15-9-7-14(8-10-15)11-20-18(24)12-28-17-6-4-3-5-16(17)23(26)27/h3-10,13H,11-12H2,1-2H3,(H,20,24)(H2,21,22,25). The molecule has 3 N–H and O–H groups in total. The van der Waals surface area contributed by atoms with Crippen LogP contribution in [0.15, 0.2) is 48.5 Å². The van der Waals surface area contributed by atoms with Crippen molar-refractivity contribution >= 4 is 23.3 Å². The lowest BCUT2D eigenvalue weighted by Gasteiger charge is -2.11. The number of ether oxygens (including phenoxy) is 1. The lowest BCUT2D eigenvalue weighted by molar-refractivity contribution is -0.385. The average molecular weight is 386 g/mol. The zero-order valence-corrected chi connectivity index (χ0v) is 15.6. The second kappa shape index (κ2) is 9.91. The topological polar surface area (TPSA) is 123 Å². The van der Waals surface area contributed by atoms with Crippen molar-refractivity contribution in [2.75, 3.05) is 11.9 Å². The van der Waals surface area contributed by atoms with E-state index < -0.39 is 10.8 Å². The Morgan fingerprint density at radius 2 is 1.79 bits per heavy atom. The van der Waals surface area contributed by atoms with Gasteiger partial charge in [-0.3, -0.25) is 14.9 Å². The van der Waals surface area contributed by atoms with Crippen molar-refractivity contribution < 1.29 is 19.2 Å². The molecule has 0 aliphatic carbocycles. The molecule has 0 heterocycles. The normalized spacial score (nSPS) is 10.2. The fraction of sp³-hybridized carbons (Fsp3) is 0.263. The minimum absolute atomic E-state index is 0.0361. The number of urea groups is 1. The van der Waals surface area contributed by atoms with E-state index in [1.807, 2.05) is 13.8 Å². The van der Waals surface area contributed by atoms with Crippen LogP contribution >= 0.6 is 0 Å². The van der Waals surface area contributed by atoms with E-state index in [2.05, 4.69) is 16.0 Å². The molecular formula is C19H22N4O5. The van der Waals surface area contributed by atoms with Crippen molar-refractivity contribution in [2.24, 2.45) is 0 Å². The number of nitrogens with zero attached hydrogens (tertiary/aromatic N) is 1. The van der Waals surface area contributed by atoms with Crippen molar-refractivity contribution in [1.29, 1.82) is 0 Å². The summed E-state index contributed by atoms with van der Waals surface area (Å²) < 4.78 is 5.23. The SMILES string of the molecule is CC(C)NC(=O)Nc1ccc(CNC(=O)COc2ccccc2[N+](=O)[O-])cc1. The second-order valence-corrected chi connectivity index (χ2v) is 6.24. The third kappa shape index (κ3) is 6.60. The Kier molecular flexibility index (Phi) is 7.32. The van der Waals surface area contributed by atoms with Gasteiger partial charge < -0.3 is 20.7 Å². The lowest BCUT2D eigenvalue weighted by atomic mass is 10.2. The highest BCUT2D eigenvalue weighted by Crippen LogP contribution is 2.25. The Morgan fingerprint density at radius 3 is 2.43 bits per heavy atom. The van der Waals surface area contributed by atoms with E-state index in [-0.39, 0.29) is 36.7 Å². The van der Waals surface area contributed by atoms with Crippen LogP contribution in [0.5, 0.6) is 5.75 Å². The van der Waals surface area contributed by atoms with Crippen LogP contribution < -0.4 is 20.7 Å². The first kappa shape index (κ1) is 20.7. The number of hydrogen-bond donors (Lipinski definition) is 3. The molecule has 148 valence electrons. The highest BCUT2D eigenvalue weighted by Gasteiger charge is 2.14. The van der Waals surface area contributed by atoms with Gasteiger partial charge >= 0.3 is 11.7 Å². The maximum Gasteiger partial charge on any atom is 0.319 e. The largest absolute Gasteiger partial charge is 0.477 e. The third-order valence-corrected chi connectivity index (χ3v) is 3.54. The van der Waals surface area contributed by atoms with E-state index in [1.54, 1.807) is 30.3 Å². The number of nitrogens with one attached hydrogen (secondary N) is 3. The van der Waals surface area contributed by atoms with Gasteiger partial charge in [0.25, 0.3) is 5.91 Å². The summed E-state index contributed by atoms with van der Waals surface area (Å²) in [6.07, 6.45) is 0. The monoisotopic (exact) mass is 386 g/mol. The van der Waals surface area contributed by atoms with Crippen LogP contribution in [-0.2, 0) is 11.3 Å². The number of carbonyl (C=O) groups is 2. The number of hydrogen-bond acceptors (Lipinski definition) is 5. The first-order valence-electron chi connectivity index (χ1n) is 8.64. The molecule has 0 fully saturated rings. The van der Waals surface area contributed by atoms with Crippen LogP contribution in [0.1, 0.15) is 19.4 Å². The second-order valence-electron chi connectivity index (χ2n) is 6.24. The van der Waals surface area contributed by atoms with Gasteiger partial charge in [-0.2, -0.15) is 0 Å². The first-order valence-corrected chi connectivity index (χ1v) is 8.64. The Morgan fingerprint density at radius 1 is 1.11 bits per heavy atom. The molecule has 9 heteroatoms. The zero-order valence-electron chi connectivity index (χ0n) is 15.6. The lowest BCUT2D eigenvalue weighted by Crippen LogP contribution is -2.34. The fourth-order valence-electron chi connectivity index (χ4n) is 2.26. The fourth-order valence-corrected chi connectivity index (χ4v) is 2.26. The number of para-hydroxylation sites is 2. The molecule has 0 bridgehead atoms. The van der Waals surface area contributed by atoms with Gasteiger partial charge in [-0.25, -0.2) is 4.79 Å². The molecule has 0 aliphatic rings. The van der Waals surface area contributed by atoms with Gasteiger partial charge in [0, 0.05) is 24.3 Å². The molecule has 3 amide bonds. The van der Waals surface area contributed by atoms with Crippen LogP contribution in [0.4, 0.5) is 16.2 Å². The number of nitro groups is 1. The maximum atomic E-state index is 11.9. The van der Waals surface area contributed by atoms with Gasteiger partial charge in [-0.1, -0.05) is 24.3 Å². The quantitative estimate of drug-likeness (QED) is 0.476. The number of amides is 3. The molecule has 0 atom stereocenters. The molecule has 0 aromatic heterocycles. The summed E-state index contributed by atoms with van der Waals surface area (Å²) in [6.45, 7) is 3.66. The molecule has 0 radical (unpaired) electrons. The van der Waals surface area contributed by atoms with Crippen molar-refractivity contribution in [3.05, 3.63) is 64.2 Å². The average Bonchev–Trinajstić information content (AvgIpc) is 2.65. The summed E-state index contributed by atoms with van der Waals surface area (Å²) in [4.78, 5) is 33.9. The van der Waals surface area contributed by atoms with Gasteiger partial charge in [0.2, 0.25) is 0 Å². The highest BCUT2D eigenvalue weighted by atomic mass is 16.6. The summed E-state index contributed by atoms with van der Waals surface area (Å²) in [5, 5.41) is 19.0. The van der Waals surface area contributed by atoms with Crippen molar-refractivity contribution in [3.8, 4) is 5.75 Å². The van der Waals surface area contributed by atoms with Crippen LogP contribution in [0.3, 0.4) is 0 Å². The van der Waals surface area contributed by atoms with Crippen molar-refractivity contribution in [2.45, 2.75) is 26.4 Å². The molecule has 0 saturated carbocycles. The molecule has 2 aromatic rings. The zero-order chi connectivity index (χ0) is 20.5. The smallest absolute Gasteiger partial charge is 0.319 e. The van der Waals surface area contributed by atoms with Gasteiger partial charge in [0.1, 0.15) is 0 Å². The Balaban J connectivity index is 1.80. The molecule has 0 spiro atoms. The van der Waals surface area contributed by atoms with Crippen LogP contribution in [-0.4, -0.2) is 29.5 Å². The first-order chi connectivity index (χ1) is 13.3. The van der Waals surface area contributed by atoms with E-state index in [0.717, 1.165) is 5.56 Å². The summed E-state index contributed by atoms with van der Waals surface area (Å²) in [7, 11) is 0. The van der Waals surface area contributed by atoms with Gasteiger partial charge in [-0.15, -0.1) is 0 Å². The number of benzene rings is 2. The van der Waals surface area contributed by atoms with Gasteiger partial charge in [0.05, 0.1) is 4.92 Å². The number of carbonyl (C=O) groups excluding carboxylic acids is 2. The van der Waals surface area contributed by atoms with E-state index >= 15 is 0 Å². The molecule has 9 nitrogen and oxygen atoms in total. The van der Waals surface area contributed by atoms with E-state index in [9.17, 15) is 19.7 Å². The molecule has 2 aromatic carbocycles. The maximum absolute atomic E-state index is 11.9. The minimum Gasteiger partial charge on any atom is -0.477 e. The van der Waals surface area contributed by atoms with Crippen molar-refractivity contribution in [1.82, 2.24) is 10.6 Å². The summed E-state index contributed by atoms with van der Waals surface area (Å²) >= 11 is 0. The van der Waals surface area contributed by atoms with E-state index in [1.165, 1.54) is 18.2 Å². The van der Waals surface area contributed by atoms with E-state index in [0.29, 0.717) is 5.69 Å². The Hall–Kier alpha value is -3.62. The predicted octanol–water partition coefficient (Wildman–Crippen LogP) is 2.82. The summed E-state index contributed by atoms with van der Waals surface area (Å²) in [5.41, 5.74) is 1.27. The molecule has 2 rings (SSSR count). The number of nitro benzene ring substituents is 1. The minimum atomic E-state index is -0.565. The van der Waals surface area contributed by atoms with Gasteiger partial charge in [-0.05, 0) is 37.6 Å². The number of anilines is 1. The molecule has 0 saturated heterocycles. The van der Waals surface area contributed by atoms with Crippen LogP contribution in [0.25, 0.3) is 0 Å². The van der Waals surface area contributed by atoms with Crippen molar-refractivity contribution in [3.63, 3.8) is 0 Å². The van der Waals surface area contributed by atoms with Gasteiger partial charge in [0.15, 0.2) is 12.4 Å². The molecule has 28 heavy (non-hydrogen) atoms. The molecular weight excluding hydrogens is 364 g/mol. The molecule has 0 unspecified atom stereocenters. The third-order valence-electron chi connectivity index (χ3n) is 3.54.